The van der Waals surface area contributed by atoms with Gasteiger partial charge in [-0.15, -0.1) is 0 Å². The second-order valence-electron chi connectivity index (χ2n) is 5.58. The monoisotopic (exact) mass is 317 g/mol. The SMILES string of the molecule is CCc1cc(=O)n(CC(=O)NC(C)C)c(-c2cccc(F)c2)n1. The van der Waals surface area contributed by atoms with E-state index in [1.165, 1.54) is 22.8 Å². The second kappa shape index (κ2) is 7.17. The quantitative estimate of drug-likeness (QED) is 0.919. The van der Waals surface area contributed by atoms with Crippen molar-refractivity contribution in [2.24, 2.45) is 0 Å². The number of nitrogens with one attached hydrogen (secondary N) is 1. The van der Waals surface area contributed by atoms with Crippen LogP contribution >= 0.6 is 0 Å². The number of halogens is 1. The molecule has 0 aliphatic heterocycles. The number of benzene rings is 1. The van der Waals surface area contributed by atoms with E-state index in [-0.39, 0.29) is 24.1 Å². The van der Waals surface area contributed by atoms with Gasteiger partial charge in [-0.05, 0) is 32.4 Å². The molecule has 0 atom stereocenters. The molecule has 0 spiro atoms. The number of hydrogen-bond donors (Lipinski definition) is 1. The predicted molar refractivity (Wildman–Crippen MR) is 86.5 cm³/mol. The molecule has 1 heterocycles. The molecule has 23 heavy (non-hydrogen) atoms. The Bertz CT molecular complexity index is 769. The highest BCUT2D eigenvalue weighted by Crippen LogP contribution is 2.17. The molecule has 2 rings (SSSR count). The molecule has 6 heteroatoms. The molecule has 1 aromatic carbocycles. The summed E-state index contributed by atoms with van der Waals surface area (Å²) in [5, 5.41) is 2.74. The van der Waals surface area contributed by atoms with Gasteiger partial charge < -0.3 is 5.32 Å². The van der Waals surface area contributed by atoms with Crippen molar-refractivity contribution in [1.29, 1.82) is 0 Å². The second-order valence-corrected chi connectivity index (χ2v) is 5.58. The lowest BCUT2D eigenvalue weighted by molar-refractivity contribution is -0.122. The van der Waals surface area contributed by atoms with Crippen molar-refractivity contribution in [3.05, 3.63) is 52.2 Å². The summed E-state index contributed by atoms with van der Waals surface area (Å²) in [5.41, 5.74) is 0.750. The van der Waals surface area contributed by atoms with Gasteiger partial charge in [0, 0.05) is 23.4 Å². The van der Waals surface area contributed by atoms with Crippen molar-refractivity contribution < 1.29 is 9.18 Å². The number of carbonyl (C=O) groups is 1. The van der Waals surface area contributed by atoms with E-state index in [4.69, 9.17) is 0 Å². The molecular weight excluding hydrogens is 297 g/mol. The highest BCUT2D eigenvalue weighted by molar-refractivity contribution is 5.76. The van der Waals surface area contributed by atoms with Gasteiger partial charge in [0.15, 0.2) is 0 Å². The lowest BCUT2D eigenvalue weighted by atomic mass is 10.2. The van der Waals surface area contributed by atoms with Gasteiger partial charge in [-0.25, -0.2) is 9.37 Å². The van der Waals surface area contributed by atoms with Crippen LogP contribution in [-0.2, 0) is 17.8 Å². The topological polar surface area (TPSA) is 64.0 Å². The number of rotatable bonds is 5. The fourth-order valence-corrected chi connectivity index (χ4v) is 2.25. The number of nitrogens with zero attached hydrogens (tertiary/aromatic N) is 2. The van der Waals surface area contributed by atoms with E-state index in [2.05, 4.69) is 10.3 Å². The van der Waals surface area contributed by atoms with Gasteiger partial charge in [-0.3, -0.25) is 14.2 Å². The van der Waals surface area contributed by atoms with Gasteiger partial charge in [0.1, 0.15) is 18.2 Å². The summed E-state index contributed by atoms with van der Waals surface area (Å²) in [4.78, 5) is 28.8. The molecule has 1 amide bonds. The molecule has 0 bridgehead atoms. The lowest BCUT2D eigenvalue weighted by Gasteiger charge is -2.14. The number of carbonyl (C=O) groups excluding carboxylic acids is 1. The van der Waals surface area contributed by atoms with Crippen LogP contribution in [0.25, 0.3) is 11.4 Å². The van der Waals surface area contributed by atoms with Crippen molar-refractivity contribution in [3.8, 4) is 11.4 Å². The minimum absolute atomic E-state index is 0.0290. The molecule has 0 saturated heterocycles. The van der Waals surface area contributed by atoms with E-state index in [1.54, 1.807) is 12.1 Å². The Morgan fingerprint density at radius 2 is 2.09 bits per heavy atom. The van der Waals surface area contributed by atoms with Gasteiger partial charge in [0.25, 0.3) is 5.56 Å². The summed E-state index contributed by atoms with van der Waals surface area (Å²) in [6.45, 7) is 5.41. The van der Waals surface area contributed by atoms with E-state index in [0.29, 0.717) is 23.5 Å². The van der Waals surface area contributed by atoms with Crippen molar-refractivity contribution >= 4 is 5.91 Å². The Hall–Kier alpha value is -2.50. The first-order valence-corrected chi connectivity index (χ1v) is 7.56. The van der Waals surface area contributed by atoms with Crippen molar-refractivity contribution in [1.82, 2.24) is 14.9 Å². The Morgan fingerprint density at radius 3 is 2.70 bits per heavy atom. The first kappa shape index (κ1) is 16.9. The average Bonchev–Trinajstić information content (AvgIpc) is 2.48. The highest BCUT2D eigenvalue weighted by atomic mass is 19.1. The van der Waals surface area contributed by atoms with Crippen LogP contribution in [0.3, 0.4) is 0 Å². The average molecular weight is 317 g/mol. The molecule has 0 aliphatic carbocycles. The van der Waals surface area contributed by atoms with Gasteiger partial charge in [0.2, 0.25) is 5.91 Å². The number of hydrogen-bond acceptors (Lipinski definition) is 3. The van der Waals surface area contributed by atoms with Gasteiger partial charge in [-0.1, -0.05) is 19.1 Å². The standard InChI is InChI=1S/C17H20FN3O2/c1-4-14-9-16(23)21(10-15(22)19-11(2)3)17(20-14)12-6-5-7-13(18)8-12/h5-9,11H,4,10H2,1-3H3,(H,19,22). The van der Waals surface area contributed by atoms with Crippen LogP contribution in [0.1, 0.15) is 26.5 Å². The van der Waals surface area contributed by atoms with Crippen LogP contribution in [0.2, 0.25) is 0 Å². The molecule has 5 nitrogen and oxygen atoms in total. The van der Waals surface area contributed by atoms with Crippen LogP contribution in [-0.4, -0.2) is 21.5 Å². The zero-order chi connectivity index (χ0) is 17.0. The van der Waals surface area contributed by atoms with Crippen LogP contribution in [0.15, 0.2) is 35.1 Å². The fraction of sp³-hybridized carbons (Fsp3) is 0.353. The Kier molecular flexibility index (Phi) is 5.26. The normalized spacial score (nSPS) is 10.8. The van der Waals surface area contributed by atoms with E-state index in [9.17, 15) is 14.0 Å². The van der Waals surface area contributed by atoms with Gasteiger partial charge in [0.05, 0.1) is 0 Å². The molecule has 1 aromatic heterocycles. The summed E-state index contributed by atoms with van der Waals surface area (Å²) in [6.07, 6.45) is 0.580. The third-order valence-electron chi connectivity index (χ3n) is 3.26. The molecule has 0 saturated carbocycles. The highest BCUT2D eigenvalue weighted by Gasteiger charge is 2.14. The first-order valence-electron chi connectivity index (χ1n) is 7.56. The molecule has 1 N–H and O–H groups in total. The minimum Gasteiger partial charge on any atom is -0.352 e. The van der Waals surface area contributed by atoms with Gasteiger partial charge >= 0.3 is 0 Å². The maximum absolute atomic E-state index is 13.5. The maximum atomic E-state index is 13.5. The van der Waals surface area contributed by atoms with Crippen molar-refractivity contribution in [2.75, 3.05) is 0 Å². The zero-order valence-corrected chi connectivity index (χ0v) is 13.5. The van der Waals surface area contributed by atoms with Crippen molar-refractivity contribution in [2.45, 2.75) is 39.8 Å². The molecule has 0 fully saturated rings. The number of aryl methyl sites for hydroxylation is 1. The van der Waals surface area contributed by atoms with Crippen molar-refractivity contribution in [3.63, 3.8) is 0 Å². The van der Waals surface area contributed by atoms with E-state index in [0.717, 1.165) is 0 Å². The molecular formula is C17H20FN3O2. The largest absolute Gasteiger partial charge is 0.352 e. The Morgan fingerprint density at radius 1 is 1.35 bits per heavy atom. The molecule has 122 valence electrons. The van der Waals surface area contributed by atoms with Crippen LogP contribution < -0.4 is 10.9 Å². The summed E-state index contributed by atoms with van der Waals surface area (Å²) >= 11 is 0. The fourth-order valence-electron chi connectivity index (χ4n) is 2.25. The van der Waals surface area contributed by atoms with E-state index >= 15 is 0 Å². The predicted octanol–water partition coefficient (Wildman–Crippen LogP) is 2.14. The van der Waals surface area contributed by atoms with Gasteiger partial charge in [-0.2, -0.15) is 0 Å². The lowest BCUT2D eigenvalue weighted by Crippen LogP contribution is -2.37. The Balaban J connectivity index is 2.52. The summed E-state index contributed by atoms with van der Waals surface area (Å²) in [5.74, 6) is -0.407. The molecule has 2 aromatic rings. The summed E-state index contributed by atoms with van der Waals surface area (Å²) in [7, 11) is 0. The van der Waals surface area contributed by atoms with Crippen LogP contribution in [0.4, 0.5) is 4.39 Å². The zero-order valence-electron chi connectivity index (χ0n) is 13.5. The van der Waals surface area contributed by atoms with E-state index < -0.39 is 5.82 Å². The molecule has 0 aliphatic rings. The number of amides is 1. The van der Waals surface area contributed by atoms with Crippen LogP contribution in [0, 0.1) is 5.82 Å². The third-order valence-corrected chi connectivity index (χ3v) is 3.26. The van der Waals surface area contributed by atoms with Crippen LogP contribution in [0.5, 0.6) is 0 Å². The molecule has 0 radical (unpaired) electrons. The summed E-state index contributed by atoms with van der Waals surface area (Å²) < 4.78 is 14.8. The van der Waals surface area contributed by atoms with E-state index in [1.807, 2.05) is 20.8 Å². The smallest absolute Gasteiger partial charge is 0.254 e. The Labute approximate surface area is 134 Å². The maximum Gasteiger partial charge on any atom is 0.254 e. The minimum atomic E-state index is -0.420. The summed E-state index contributed by atoms with van der Waals surface area (Å²) in [6, 6.07) is 7.22. The first-order chi connectivity index (χ1) is 10.9. The third kappa shape index (κ3) is 4.25. The molecule has 0 unspecified atom stereocenters. The number of aromatic nitrogens is 2.